The minimum Gasteiger partial charge on any atom is -0.490 e. The number of sulfone groups is 1. The summed E-state index contributed by atoms with van der Waals surface area (Å²) in [6.45, 7) is 7.83. The molecule has 0 aliphatic rings. The van der Waals surface area contributed by atoms with Gasteiger partial charge >= 0.3 is 0 Å². The van der Waals surface area contributed by atoms with Gasteiger partial charge in [0, 0.05) is 6.07 Å². The van der Waals surface area contributed by atoms with E-state index in [4.69, 9.17) is 4.74 Å². The molecule has 0 bridgehead atoms. The van der Waals surface area contributed by atoms with Crippen LogP contribution in [0.25, 0.3) is 0 Å². The molecule has 0 aliphatic heterocycles. The van der Waals surface area contributed by atoms with Crippen LogP contribution in [0.2, 0.25) is 0 Å². The second-order valence-electron chi connectivity index (χ2n) is 5.40. The average molecular weight is 314 g/mol. The molecular formula is C16H23FO3S. The molecule has 5 heteroatoms. The summed E-state index contributed by atoms with van der Waals surface area (Å²) in [6, 6.07) is 3.72. The van der Waals surface area contributed by atoms with Gasteiger partial charge in [0.1, 0.15) is 0 Å². The quantitative estimate of drug-likeness (QED) is 0.393. The molecule has 21 heavy (non-hydrogen) atoms. The number of unbranched alkanes of at least 4 members (excludes halogenated alkanes) is 2. The fraction of sp³-hybridized carbons (Fsp3) is 0.500. The Morgan fingerprint density at radius 2 is 2.05 bits per heavy atom. The van der Waals surface area contributed by atoms with Crippen LogP contribution < -0.4 is 4.74 Å². The molecule has 0 saturated heterocycles. The van der Waals surface area contributed by atoms with Gasteiger partial charge in [-0.15, -0.1) is 6.58 Å². The number of benzene rings is 1. The molecule has 0 heterocycles. The van der Waals surface area contributed by atoms with Crippen LogP contribution in [-0.4, -0.2) is 20.8 Å². The summed E-state index contributed by atoms with van der Waals surface area (Å²) >= 11 is 0. The predicted octanol–water partition coefficient (Wildman–Crippen LogP) is 3.99. The molecule has 0 saturated carbocycles. The highest BCUT2D eigenvalue weighted by Crippen LogP contribution is 2.23. The van der Waals surface area contributed by atoms with Crippen LogP contribution in [0.4, 0.5) is 4.39 Å². The van der Waals surface area contributed by atoms with E-state index in [0.29, 0.717) is 13.0 Å². The van der Waals surface area contributed by atoms with Crippen molar-refractivity contribution < 1.29 is 17.5 Å². The van der Waals surface area contributed by atoms with Crippen molar-refractivity contribution in [1.29, 1.82) is 0 Å². The summed E-state index contributed by atoms with van der Waals surface area (Å²) in [5.41, 5.74) is 0. The Labute approximate surface area is 126 Å². The van der Waals surface area contributed by atoms with Crippen molar-refractivity contribution >= 4 is 9.84 Å². The van der Waals surface area contributed by atoms with Crippen LogP contribution in [0.5, 0.6) is 5.75 Å². The van der Waals surface area contributed by atoms with Crippen LogP contribution in [0.1, 0.15) is 33.1 Å². The summed E-state index contributed by atoms with van der Waals surface area (Å²) in [4.78, 5) is 0.112. The lowest BCUT2D eigenvalue weighted by atomic mass is 10.2. The maximum absolute atomic E-state index is 13.6. The Morgan fingerprint density at radius 3 is 2.67 bits per heavy atom. The molecule has 0 radical (unpaired) electrons. The van der Waals surface area contributed by atoms with Gasteiger partial charge in [-0.05, 0) is 37.3 Å². The molecule has 1 rings (SSSR count). The lowest BCUT2D eigenvalue weighted by Crippen LogP contribution is -2.09. The SMILES string of the molecule is C=CCCCCS(=O)(=O)c1ccc(F)c(OCC(C)C)c1. The lowest BCUT2D eigenvalue weighted by molar-refractivity contribution is 0.258. The topological polar surface area (TPSA) is 43.4 Å². The van der Waals surface area contributed by atoms with Gasteiger partial charge < -0.3 is 4.74 Å². The largest absolute Gasteiger partial charge is 0.490 e. The Hall–Kier alpha value is -1.36. The third kappa shape index (κ3) is 5.87. The van der Waals surface area contributed by atoms with Gasteiger partial charge in [-0.2, -0.15) is 0 Å². The van der Waals surface area contributed by atoms with Crippen molar-refractivity contribution in [3.63, 3.8) is 0 Å². The van der Waals surface area contributed by atoms with Crippen LogP contribution in [0.3, 0.4) is 0 Å². The van der Waals surface area contributed by atoms with Crippen LogP contribution in [0, 0.1) is 11.7 Å². The monoisotopic (exact) mass is 314 g/mol. The van der Waals surface area contributed by atoms with E-state index >= 15 is 0 Å². The van der Waals surface area contributed by atoms with E-state index in [1.54, 1.807) is 6.08 Å². The van der Waals surface area contributed by atoms with Gasteiger partial charge in [-0.1, -0.05) is 19.9 Å². The molecule has 0 unspecified atom stereocenters. The lowest BCUT2D eigenvalue weighted by Gasteiger charge is -2.11. The second kappa shape index (κ2) is 8.17. The highest BCUT2D eigenvalue weighted by Gasteiger charge is 2.17. The Morgan fingerprint density at radius 1 is 1.33 bits per heavy atom. The van der Waals surface area contributed by atoms with Gasteiger partial charge in [0.25, 0.3) is 0 Å². The minimum absolute atomic E-state index is 0.00383. The standard InChI is InChI=1S/C16H23FO3S/c1-4-5-6-7-10-21(18,19)14-8-9-15(17)16(11-14)20-12-13(2)3/h4,8-9,11,13H,1,5-7,10,12H2,2-3H3. The number of hydrogen-bond acceptors (Lipinski definition) is 3. The summed E-state index contributed by atoms with van der Waals surface area (Å²) in [5.74, 6) is -0.253. The second-order valence-corrected chi connectivity index (χ2v) is 7.51. The van der Waals surface area contributed by atoms with Crippen molar-refractivity contribution in [2.45, 2.75) is 38.0 Å². The zero-order chi connectivity index (χ0) is 15.9. The number of rotatable bonds is 9. The summed E-state index contributed by atoms with van der Waals surface area (Å²) < 4.78 is 43.3. The van der Waals surface area contributed by atoms with E-state index in [-0.39, 0.29) is 22.3 Å². The maximum Gasteiger partial charge on any atom is 0.178 e. The Balaban J connectivity index is 2.81. The zero-order valence-corrected chi connectivity index (χ0v) is 13.5. The first kappa shape index (κ1) is 17.7. The summed E-state index contributed by atoms with van der Waals surface area (Å²) in [6.07, 6.45) is 3.90. The molecule has 118 valence electrons. The van der Waals surface area contributed by atoms with E-state index in [2.05, 4.69) is 6.58 Å². The van der Waals surface area contributed by atoms with Crippen molar-refractivity contribution in [3.8, 4) is 5.75 Å². The molecule has 1 aromatic rings. The van der Waals surface area contributed by atoms with Crippen molar-refractivity contribution in [2.24, 2.45) is 5.92 Å². The molecule has 0 aliphatic carbocycles. The zero-order valence-electron chi connectivity index (χ0n) is 12.6. The smallest absolute Gasteiger partial charge is 0.178 e. The Bertz CT molecular complexity index is 565. The van der Waals surface area contributed by atoms with E-state index in [9.17, 15) is 12.8 Å². The Kier molecular flexibility index (Phi) is 6.89. The molecule has 0 spiro atoms. The molecule has 1 aromatic carbocycles. The fourth-order valence-corrected chi connectivity index (χ4v) is 3.12. The van der Waals surface area contributed by atoms with Crippen LogP contribution in [-0.2, 0) is 9.84 Å². The van der Waals surface area contributed by atoms with Crippen molar-refractivity contribution in [2.75, 3.05) is 12.4 Å². The maximum atomic E-state index is 13.6. The van der Waals surface area contributed by atoms with Crippen molar-refractivity contribution in [3.05, 3.63) is 36.7 Å². The fourth-order valence-electron chi connectivity index (χ4n) is 1.74. The molecule has 0 amide bonds. The predicted molar refractivity (Wildman–Crippen MR) is 82.8 cm³/mol. The van der Waals surface area contributed by atoms with Gasteiger partial charge in [-0.25, -0.2) is 12.8 Å². The number of hydrogen-bond donors (Lipinski definition) is 0. The van der Waals surface area contributed by atoms with E-state index < -0.39 is 15.7 Å². The molecule has 0 atom stereocenters. The third-order valence-corrected chi connectivity index (χ3v) is 4.70. The third-order valence-electron chi connectivity index (χ3n) is 2.91. The first-order valence-corrected chi connectivity index (χ1v) is 8.78. The summed E-state index contributed by atoms with van der Waals surface area (Å²) in [5, 5.41) is 0. The van der Waals surface area contributed by atoms with E-state index in [1.165, 1.54) is 12.1 Å². The van der Waals surface area contributed by atoms with Gasteiger partial charge in [0.2, 0.25) is 0 Å². The number of allylic oxidation sites excluding steroid dienone is 1. The summed E-state index contributed by atoms with van der Waals surface area (Å²) in [7, 11) is -3.40. The minimum atomic E-state index is -3.40. The van der Waals surface area contributed by atoms with Gasteiger partial charge in [-0.3, -0.25) is 0 Å². The van der Waals surface area contributed by atoms with E-state index in [0.717, 1.165) is 18.9 Å². The van der Waals surface area contributed by atoms with Gasteiger partial charge in [0.15, 0.2) is 21.4 Å². The highest BCUT2D eigenvalue weighted by molar-refractivity contribution is 7.91. The van der Waals surface area contributed by atoms with Gasteiger partial charge in [0.05, 0.1) is 17.3 Å². The average Bonchev–Trinajstić information content (AvgIpc) is 2.42. The number of ether oxygens (including phenoxy) is 1. The normalized spacial score (nSPS) is 11.6. The molecule has 0 N–H and O–H groups in total. The highest BCUT2D eigenvalue weighted by atomic mass is 32.2. The first-order chi connectivity index (χ1) is 9.86. The van der Waals surface area contributed by atoms with Crippen LogP contribution >= 0.6 is 0 Å². The van der Waals surface area contributed by atoms with E-state index in [1.807, 2.05) is 13.8 Å². The molecular weight excluding hydrogens is 291 g/mol. The number of halogens is 1. The molecule has 0 fully saturated rings. The first-order valence-electron chi connectivity index (χ1n) is 7.13. The van der Waals surface area contributed by atoms with Crippen LogP contribution in [0.15, 0.2) is 35.7 Å². The molecule has 3 nitrogen and oxygen atoms in total. The molecule has 0 aromatic heterocycles. The van der Waals surface area contributed by atoms with Crippen molar-refractivity contribution in [1.82, 2.24) is 0 Å².